The van der Waals surface area contributed by atoms with Gasteiger partial charge < -0.3 is 16.4 Å². The van der Waals surface area contributed by atoms with Crippen molar-refractivity contribution in [2.45, 2.75) is 57.5 Å². The minimum absolute atomic E-state index is 0.0729. The van der Waals surface area contributed by atoms with Crippen LogP contribution in [0.15, 0.2) is 0 Å². The minimum Gasteiger partial charge on any atom is -0.331 e. The number of likely N-dealkylation sites (tertiary alicyclic amines) is 1. The Balaban J connectivity index is 2.51. The third-order valence-corrected chi connectivity index (χ3v) is 3.54. The van der Waals surface area contributed by atoms with Crippen LogP contribution in [0.4, 0.5) is 0 Å². The van der Waals surface area contributed by atoms with Crippen molar-refractivity contribution < 1.29 is 9.59 Å². The van der Waals surface area contributed by atoms with E-state index < -0.39 is 6.04 Å². The monoisotopic (exact) mass is 255 g/mol. The molecular weight excluding hydrogens is 230 g/mol. The van der Waals surface area contributed by atoms with Crippen molar-refractivity contribution in [1.29, 1.82) is 0 Å². The molecule has 1 aliphatic heterocycles. The maximum atomic E-state index is 12.2. The lowest BCUT2D eigenvalue weighted by Gasteiger charge is -2.26. The number of nitrogens with two attached hydrogens (primary N) is 2. The van der Waals surface area contributed by atoms with Crippen LogP contribution in [-0.2, 0) is 9.59 Å². The zero-order valence-corrected chi connectivity index (χ0v) is 11.2. The first-order valence-electron chi connectivity index (χ1n) is 6.90. The third-order valence-electron chi connectivity index (χ3n) is 3.54. The molecule has 0 aromatic heterocycles. The lowest BCUT2D eigenvalue weighted by molar-refractivity contribution is -0.138. The Bertz CT molecular complexity index is 294. The van der Waals surface area contributed by atoms with Gasteiger partial charge in [-0.25, -0.2) is 0 Å². The SMILES string of the molecule is CCC(=O)[C@@H]1CCCN1C(=O)[C@@H](N)CCCCN. The number of ketones is 1. The molecular formula is C13H25N3O2. The predicted molar refractivity (Wildman–Crippen MR) is 70.9 cm³/mol. The summed E-state index contributed by atoms with van der Waals surface area (Å²) in [5.41, 5.74) is 11.3. The van der Waals surface area contributed by atoms with Crippen molar-refractivity contribution >= 4 is 11.7 Å². The lowest BCUT2D eigenvalue weighted by Crippen LogP contribution is -2.48. The van der Waals surface area contributed by atoms with Crippen LogP contribution in [0.5, 0.6) is 0 Å². The van der Waals surface area contributed by atoms with Crippen molar-refractivity contribution in [3.05, 3.63) is 0 Å². The molecule has 2 atom stereocenters. The smallest absolute Gasteiger partial charge is 0.240 e. The fourth-order valence-electron chi connectivity index (χ4n) is 2.45. The van der Waals surface area contributed by atoms with Crippen LogP contribution in [0, 0.1) is 0 Å². The molecule has 0 unspecified atom stereocenters. The molecule has 0 spiro atoms. The van der Waals surface area contributed by atoms with E-state index in [1.807, 2.05) is 6.92 Å². The van der Waals surface area contributed by atoms with Gasteiger partial charge in [0.1, 0.15) is 0 Å². The van der Waals surface area contributed by atoms with Gasteiger partial charge in [-0.2, -0.15) is 0 Å². The van der Waals surface area contributed by atoms with Crippen LogP contribution >= 0.6 is 0 Å². The van der Waals surface area contributed by atoms with Crippen LogP contribution in [0.2, 0.25) is 0 Å². The van der Waals surface area contributed by atoms with E-state index in [9.17, 15) is 9.59 Å². The highest BCUT2D eigenvalue weighted by Crippen LogP contribution is 2.20. The van der Waals surface area contributed by atoms with E-state index in [1.54, 1.807) is 4.90 Å². The van der Waals surface area contributed by atoms with E-state index in [0.717, 1.165) is 25.7 Å². The first-order chi connectivity index (χ1) is 8.61. The fraction of sp³-hybridized carbons (Fsp3) is 0.846. The quantitative estimate of drug-likeness (QED) is 0.645. The topological polar surface area (TPSA) is 89.4 Å². The predicted octanol–water partition coefficient (Wildman–Crippen LogP) is 0.413. The van der Waals surface area contributed by atoms with Gasteiger partial charge in [0, 0.05) is 13.0 Å². The summed E-state index contributed by atoms with van der Waals surface area (Å²) >= 11 is 0. The van der Waals surface area contributed by atoms with Gasteiger partial charge in [-0.3, -0.25) is 9.59 Å². The summed E-state index contributed by atoms with van der Waals surface area (Å²) in [6, 6.07) is -0.718. The summed E-state index contributed by atoms with van der Waals surface area (Å²) < 4.78 is 0. The Morgan fingerprint density at radius 2 is 2.11 bits per heavy atom. The molecule has 1 fully saturated rings. The highest BCUT2D eigenvalue weighted by molar-refractivity contribution is 5.91. The average Bonchev–Trinajstić information content (AvgIpc) is 2.86. The van der Waals surface area contributed by atoms with Crippen LogP contribution in [-0.4, -0.2) is 41.8 Å². The highest BCUT2D eigenvalue weighted by Gasteiger charge is 2.34. The second-order valence-electron chi connectivity index (χ2n) is 4.90. The molecule has 4 N–H and O–H groups in total. The third kappa shape index (κ3) is 3.78. The van der Waals surface area contributed by atoms with Crippen molar-refractivity contribution in [2.75, 3.05) is 13.1 Å². The Kier molecular flexibility index (Phi) is 6.29. The maximum Gasteiger partial charge on any atom is 0.240 e. The first kappa shape index (κ1) is 15.1. The number of carbonyl (C=O) groups excluding carboxylic acids is 2. The Hall–Kier alpha value is -0.940. The Labute approximate surface area is 109 Å². The highest BCUT2D eigenvalue weighted by atomic mass is 16.2. The van der Waals surface area contributed by atoms with E-state index >= 15 is 0 Å². The number of hydrogen-bond donors (Lipinski definition) is 2. The Morgan fingerprint density at radius 1 is 1.39 bits per heavy atom. The van der Waals surface area contributed by atoms with Gasteiger partial charge >= 0.3 is 0 Å². The van der Waals surface area contributed by atoms with E-state index in [0.29, 0.717) is 25.9 Å². The van der Waals surface area contributed by atoms with Gasteiger partial charge in [-0.1, -0.05) is 13.3 Å². The van der Waals surface area contributed by atoms with Gasteiger partial charge in [0.15, 0.2) is 5.78 Å². The van der Waals surface area contributed by atoms with Crippen molar-refractivity contribution in [3.63, 3.8) is 0 Å². The number of amides is 1. The number of nitrogens with zero attached hydrogens (tertiary/aromatic N) is 1. The zero-order chi connectivity index (χ0) is 13.5. The average molecular weight is 255 g/mol. The number of rotatable bonds is 7. The summed E-state index contributed by atoms with van der Waals surface area (Å²) in [6.45, 7) is 3.13. The van der Waals surface area contributed by atoms with E-state index in [2.05, 4.69) is 0 Å². The maximum absolute atomic E-state index is 12.2. The molecule has 104 valence electrons. The van der Waals surface area contributed by atoms with E-state index in [4.69, 9.17) is 11.5 Å². The van der Waals surface area contributed by atoms with Gasteiger partial charge in [0.05, 0.1) is 12.1 Å². The molecule has 5 heteroatoms. The van der Waals surface area contributed by atoms with Gasteiger partial charge in [-0.05, 0) is 32.2 Å². The molecule has 0 saturated carbocycles. The van der Waals surface area contributed by atoms with Gasteiger partial charge in [-0.15, -0.1) is 0 Å². The molecule has 1 amide bonds. The standard InChI is InChI=1S/C13H25N3O2/c1-2-12(17)11-7-5-9-16(11)13(18)10(15)6-3-4-8-14/h10-11H,2-9,14-15H2,1H3/t10-,11-/m0/s1. The molecule has 18 heavy (non-hydrogen) atoms. The molecule has 1 rings (SSSR count). The zero-order valence-electron chi connectivity index (χ0n) is 11.2. The summed E-state index contributed by atoms with van der Waals surface area (Å²) in [7, 11) is 0. The number of carbonyl (C=O) groups is 2. The van der Waals surface area contributed by atoms with Gasteiger partial charge in [0.2, 0.25) is 5.91 Å². The normalized spacial score (nSPS) is 21.1. The summed E-state index contributed by atoms with van der Waals surface area (Å²) in [5, 5.41) is 0. The van der Waals surface area contributed by atoms with Crippen molar-refractivity contribution in [2.24, 2.45) is 11.5 Å². The summed E-state index contributed by atoms with van der Waals surface area (Å²) in [5.74, 6) is 0.0753. The van der Waals surface area contributed by atoms with E-state index in [-0.39, 0.29) is 17.7 Å². The molecule has 0 aromatic carbocycles. The number of Topliss-reactive ketones (excluding diaryl/α,β-unsaturated/α-hetero) is 1. The van der Waals surface area contributed by atoms with Gasteiger partial charge in [0.25, 0.3) is 0 Å². The second kappa shape index (κ2) is 7.48. The number of unbranched alkanes of at least 4 members (excludes halogenated alkanes) is 1. The lowest BCUT2D eigenvalue weighted by atomic mass is 10.1. The molecule has 1 aliphatic rings. The first-order valence-corrected chi connectivity index (χ1v) is 6.90. The molecule has 0 bridgehead atoms. The van der Waals surface area contributed by atoms with Crippen LogP contribution in [0.3, 0.4) is 0 Å². The molecule has 5 nitrogen and oxygen atoms in total. The van der Waals surface area contributed by atoms with Crippen molar-refractivity contribution in [3.8, 4) is 0 Å². The fourth-order valence-corrected chi connectivity index (χ4v) is 2.45. The van der Waals surface area contributed by atoms with Crippen LogP contribution in [0.25, 0.3) is 0 Å². The molecule has 1 saturated heterocycles. The largest absolute Gasteiger partial charge is 0.331 e. The molecule has 0 radical (unpaired) electrons. The second-order valence-corrected chi connectivity index (χ2v) is 4.90. The van der Waals surface area contributed by atoms with Crippen LogP contribution < -0.4 is 11.5 Å². The minimum atomic E-state index is -0.484. The Morgan fingerprint density at radius 3 is 2.72 bits per heavy atom. The number of hydrogen-bond acceptors (Lipinski definition) is 4. The van der Waals surface area contributed by atoms with E-state index in [1.165, 1.54) is 0 Å². The summed E-state index contributed by atoms with van der Waals surface area (Å²) in [4.78, 5) is 25.6. The molecule has 1 heterocycles. The summed E-state index contributed by atoms with van der Waals surface area (Å²) in [6.07, 6.45) is 4.57. The molecule has 0 aliphatic carbocycles. The molecule has 0 aromatic rings. The van der Waals surface area contributed by atoms with Crippen LogP contribution in [0.1, 0.15) is 45.4 Å². The van der Waals surface area contributed by atoms with Crippen molar-refractivity contribution in [1.82, 2.24) is 4.90 Å².